The Kier molecular flexibility index (Phi) is 4.31. The van der Waals surface area contributed by atoms with Gasteiger partial charge in [-0.3, -0.25) is 0 Å². The third-order valence-electron chi connectivity index (χ3n) is 3.74. The molecule has 4 rings (SSSR count). The minimum atomic E-state index is 0.395. The highest BCUT2D eigenvalue weighted by Crippen LogP contribution is 2.39. The van der Waals surface area contributed by atoms with E-state index >= 15 is 0 Å². The van der Waals surface area contributed by atoms with Crippen LogP contribution in [0.5, 0.6) is 11.5 Å². The normalized spacial score (nSPS) is 13.8. The number of aromatic nitrogens is 4. The summed E-state index contributed by atoms with van der Waals surface area (Å²) in [6, 6.07) is 5.40. The van der Waals surface area contributed by atoms with Crippen molar-refractivity contribution in [3.63, 3.8) is 0 Å². The number of benzene rings is 1. The molecule has 0 unspecified atom stereocenters. The molecule has 0 saturated heterocycles. The molecular weight excluding hydrogens is 344 g/mol. The smallest absolute Gasteiger partial charge is 0.277 e. The van der Waals surface area contributed by atoms with E-state index in [4.69, 9.17) is 18.4 Å². The number of thioether (sulfide) groups is 1. The SMILES string of the molecule is COc1cc(OC)cc(-c2nnc(SCc3noc(C4CC4)n3)o2)c1. The second-order valence-corrected chi connectivity index (χ2v) is 6.51. The summed E-state index contributed by atoms with van der Waals surface area (Å²) in [6.07, 6.45) is 2.26. The van der Waals surface area contributed by atoms with E-state index in [1.807, 2.05) is 12.1 Å². The van der Waals surface area contributed by atoms with Crippen molar-refractivity contribution in [1.29, 1.82) is 0 Å². The van der Waals surface area contributed by atoms with E-state index in [1.165, 1.54) is 11.8 Å². The Morgan fingerprint density at radius 2 is 1.88 bits per heavy atom. The molecule has 0 N–H and O–H groups in total. The van der Waals surface area contributed by atoms with E-state index in [9.17, 15) is 0 Å². The number of ether oxygens (including phenoxy) is 2. The minimum Gasteiger partial charge on any atom is -0.497 e. The topological polar surface area (TPSA) is 96.3 Å². The van der Waals surface area contributed by atoms with Crippen LogP contribution in [0.2, 0.25) is 0 Å². The molecule has 1 aliphatic carbocycles. The Balaban J connectivity index is 1.46. The van der Waals surface area contributed by atoms with Crippen LogP contribution in [0, 0.1) is 0 Å². The monoisotopic (exact) mass is 360 g/mol. The first kappa shape index (κ1) is 15.9. The molecule has 1 fully saturated rings. The molecule has 9 heteroatoms. The largest absolute Gasteiger partial charge is 0.497 e. The summed E-state index contributed by atoms with van der Waals surface area (Å²) < 4.78 is 21.4. The number of nitrogens with zero attached hydrogens (tertiary/aromatic N) is 4. The van der Waals surface area contributed by atoms with E-state index in [-0.39, 0.29) is 0 Å². The van der Waals surface area contributed by atoms with Crippen LogP contribution in [0.3, 0.4) is 0 Å². The van der Waals surface area contributed by atoms with Crippen molar-refractivity contribution >= 4 is 11.8 Å². The molecular formula is C16H16N4O4S. The summed E-state index contributed by atoms with van der Waals surface area (Å²) in [5, 5.41) is 12.5. The molecule has 25 heavy (non-hydrogen) atoms. The highest BCUT2D eigenvalue weighted by Gasteiger charge is 2.29. The van der Waals surface area contributed by atoms with Gasteiger partial charge in [-0.2, -0.15) is 4.98 Å². The Hall–Kier alpha value is -2.55. The van der Waals surface area contributed by atoms with Gasteiger partial charge in [-0.15, -0.1) is 10.2 Å². The second-order valence-electron chi connectivity index (χ2n) is 5.59. The molecule has 2 heterocycles. The summed E-state index contributed by atoms with van der Waals surface area (Å²) >= 11 is 1.37. The van der Waals surface area contributed by atoms with Crippen molar-refractivity contribution in [2.45, 2.75) is 29.7 Å². The fourth-order valence-corrected chi connectivity index (χ4v) is 2.87. The van der Waals surface area contributed by atoms with E-state index in [1.54, 1.807) is 20.3 Å². The summed E-state index contributed by atoms with van der Waals surface area (Å²) in [5.74, 6) is 4.03. The first-order valence-electron chi connectivity index (χ1n) is 7.77. The molecule has 0 aliphatic heterocycles. The lowest BCUT2D eigenvalue weighted by molar-refractivity contribution is 0.375. The van der Waals surface area contributed by atoms with Crippen LogP contribution >= 0.6 is 11.8 Å². The number of rotatable bonds is 7. The Labute approximate surface area is 147 Å². The molecule has 1 aliphatic rings. The lowest BCUT2D eigenvalue weighted by atomic mass is 10.2. The van der Waals surface area contributed by atoms with Gasteiger partial charge in [0.1, 0.15) is 11.5 Å². The lowest BCUT2D eigenvalue weighted by Gasteiger charge is -2.05. The van der Waals surface area contributed by atoms with Crippen LogP contribution in [-0.4, -0.2) is 34.6 Å². The Bertz CT molecular complexity index is 852. The van der Waals surface area contributed by atoms with Crippen molar-refractivity contribution in [1.82, 2.24) is 20.3 Å². The summed E-state index contributed by atoms with van der Waals surface area (Å²) in [7, 11) is 3.18. The van der Waals surface area contributed by atoms with Crippen molar-refractivity contribution in [3.05, 3.63) is 29.9 Å². The van der Waals surface area contributed by atoms with Gasteiger partial charge in [0, 0.05) is 17.5 Å². The highest BCUT2D eigenvalue weighted by molar-refractivity contribution is 7.98. The van der Waals surface area contributed by atoms with Crippen LogP contribution in [-0.2, 0) is 5.75 Å². The van der Waals surface area contributed by atoms with E-state index in [2.05, 4.69) is 20.3 Å². The van der Waals surface area contributed by atoms with Crippen LogP contribution in [0.4, 0.5) is 0 Å². The molecule has 130 valence electrons. The minimum absolute atomic E-state index is 0.395. The highest BCUT2D eigenvalue weighted by atomic mass is 32.2. The fraction of sp³-hybridized carbons (Fsp3) is 0.375. The Morgan fingerprint density at radius 3 is 2.56 bits per heavy atom. The molecule has 0 spiro atoms. The molecule has 0 atom stereocenters. The third-order valence-corrected chi connectivity index (χ3v) is 4.55. The first-order valence-corrected chi connectivity index (χ1v) is 8.76. The van der Waals surface area contributed by atoms with E-state index in [0.29, 0.717) is 40.1 Å². The number of methoxy groups -OCH3 is 2. The van der Waals surface area contributed by atoms with Crippen molar-refractivity contribution in [3.8, 4) is 23.0 Å². The Morgan fingerprint density at radius 1 is 1.12 bits per heavy atom. The van der Waals surface area contributed by atoms with Crippen LogP contribution in [0.25, 0.3) is 11.5 Å². The first-order chi connectivity index (χ1) is 12.2. The zero-order valence-electron chi connectivity index (χ0n) is 13.8. The predicted molar refractivity (Wildman–Crippen MR) is 88.7 cm³/mol. The maximum atomic E-state index is 5.70. The third kappa shape index (κ3) is 3.60. The van der Waals surface area contributed by atoms with Gasteiger partial charge in [0.05, 0.1) is 20.0 Å². The fourth-order valence-electron chi connectivity index (χ4n) is 2.26. The standard InChI is InChI=1S/C16H16N4O4S/c1-21-11-5-10(6-12(7-11)22-2)15-18-19-16(23-15)25-8-13-17-14(24-20-13)9-3-4-9/h5-7,9H,3-4,8H2,1-2H3. The van der Waals surface area contributed by atoms with E-state index in [0.717, 1.165) is 24.3 Å². The van der Waals surface area contributed by atoms with Crippen LogP contribution in [0.15, 0.2) is 32.4 Å². The van der Waals surface area contributed by atoms with Crippen LogP contribution in [0.1, 0.15) is 30.5 Å². The zero-order valence-corrected chi connectivity index (χ0v) is 14.6. The van der Waals surface area contributed by atoms with Crippen molar-refractivity contribution < 1.29 is 18.4 Å². The summed E-state index contributed by atoms with van der Waals surface area (Å²) in [4.78, 5) is 4.38. The molecule has 8 nitrogen and oxygen atoms in total. The molecule has 1 saturated carbocycles. The molecule has 0 radical (unpaired) electrons. The number of hydrogen-bond donors (Lipinski definition) is 0. The van der Waals surface area contributed by atoms with Gasteiger partial charge in [0.25, 0.3) is 5.22 Å². The molecule has 1 aromatic carbocycles. The van der Waals surface area contributed by atoms with Gasteiger partial charge < -0.3 is 18.4 Å². The van der Waals surface area contributed by atoms with Crippen LogP contribution < -0.4 is 9.47 Å². The van der Waals surface area contributed by atoms with Gasteiger partial charge in [-0.25, -0.2) is 0 Å². The molecule has 3 aromatic rings. The van der Waals surface area contributed by atoms with Gasteiger partial charge in [-0.05, 0) is 25.0 Å². The van der Waals surface area contributed by atoms with Gasteiger partial charge in [0.2, 0.25) is 11.8 Å². The van der Waals surface area contributed by atoms with Gasteiger partial charge in [-0.1, -0.05) is 16.9 Å². The van der Waals surface area contributed by atoms with Gasteiger partial charge in [0.15, 0.2) is 5.82 Å². The molecule has 0 bridgehead atoms. The quantitative estimate of drug-likeness (QED) is 0.588. The predicted octanol–water partition coefficient (Wildman–Crippen LogP) is 3.31. The van der Waals surface area contributed by atoms with Crippen molar-refractivity contribution in [2.75, 3.05) is 14.2 Å². The zero-order chi connectivity index (χ0) is 17.2. The molecule has 2 aromatic heterocycles. The maximum absolute atomic E-state index is 5.70. The van der Waals surface area contributed by atoms with Crippen molar-refractivity contribution in [2.24, 2.45) is 0 Å². The van der Waals surface area contributed by atoms with Gasteiger partial charge >= 0.3 is 0 Å². The summed E-state index contributed by atoms with van der Waals surface area (Å²) in [5.41, 5.74) is 0.728. The summed E-state index contributed by atoms with van der Waals surface area (Å²) in [6.45, 7) is 0. The average Bonchev–Trinajstić information content (AvgIpc) is 3.20. The maximum Gasteiger partial charge on any atom is 0.277 e. The second kappa shape index (κ2) is 6.75. The number of hydrogen-bond acceptors (Lipinski definition) is 9. The lowest BCUT2D eigenvalue weighted by Crippen LogP contribution is -1.88. The van der Waals surface area contributed by atoms with E-state index < -0.39 is 0 Å². The molecule has 0 amide bonds. The average molecular weight is 360 g/mol.